The van der Waals surface area contributed by atoms with Gasteiger partial charge in [-0.05, 0) is 18.6 Å². The molecule has 1 aromatic carbocycles. The average Bonchev–Trinajstić information content (AvgIpc) is 3.00. The number of nitrogens with one attached hydrogen (secondary N) is 2. The molecule has 0 aliphatic carbocycles. The number of para-hydroxylation sites is 1. The van der Waals surface area contributed by atoms with Gasteiger partial charge in [0, 0.05) is 18.5 Å². The van der Waals surface area contributed by atoms with E-state index < -0.39 is 0 Å². The van der Waals surface area contributed by atoms with Crippen molar-refractivity contribution in [3.8, 4) is 0 Å². The minimum atomic E-state index is -0.256. The number of hydrogen-bond acceptors (Lipinski definition) is 5. The first-order valence-electron chi connectivity index (χ1n) is 7.44. The molecular formula is C16H20N4O2S. The first-order valence-corrected chi connectivity index (χ1v) is 8.32. The molecule has 0 aliphatic rings. The van der Waals surface area contributed by atoms with Gasteiger partial charge >= 0.3 is 0 Å². The lowest BCUT2D eigenvalue weighted by atomic mass is 10.1. The van der Waals surface area contributed by atoms with Crippen molar-refractivity contribution >= 4 is 28.8 Å². The van der Waals surface area contributed by atoms with E-state index in [0.29, 0.717) is 24.3 Å². The molecule has 7 heteroatoms. The van der Waals surface area contributed by atoms with E-state index in [2.05, 4.69) is 15.6 Å². The highest BCUT2D eigenvalue weighted by Gasteiger charge is 2.13. The Morgan fingerprint density at radius 2 is 2.09 bits per heavy atom. The number of rotatable bonds is 7. The molecule has 23 heavy (non-hydrogen) atoms. The number of nitrogens with two attached hydrogens (primary N) is 1. The summed E-state index contributed by atoms with van der Waals surface area (Å²) in [7, 11) is 0. The molecule has 2 rings (SSSR count). The second-order valence-corrected chi connectivity index (χ2v) is 5.84. The molecule has 0 bridgehead atoms. The maximum Gasteiger partial charge on any atom is 0.253 e. The molecule has 0 fully saturated rings. The predicted octanol–water partition coefficient (Wildman–Crippen LogP) is 1.58. The Labute approximate surface area is 139 Å². The fourth-order valence-electron chi connectivity index (χ4n) is 2.02. The number of amides is 2. The van der Waals surface area contributed by atoms with Crippen LogP contribution in [-0.2, 0) is 17.6 Å². The van der Waals surface area contributed by atoms with Gasteiger partial charge < -0.3 is 16.4 Å². The normalized spacial score (nSPS) is 10.3. The summed E-state index contributed by atoms with van der Waals surface area (Å²) in [6, 6.07) is 6.89. The van der Waals surface area contributed by atoms with Gasteiger partial charge in [0.05, 0.1) is 28.4 Å². The molecule has 2 amide bonds. The average molecular weight is 332 g/mol. The van der Waals surface area contributed by atoms with E-state index in [1.165, 1.54) is 0 Å². The highest BCUT2D eigenvalue weighted by molar-refractivity contribution is 7.09. The van der Waals surface area contributed by atoms with Crippen molar-refractivity contribution < 1.29 is 9.59 Å². The van der Waals surface area contributed by atoms with Gasteiger partial charge in [-0.15, -0.1) is 11.3 Å². The Bertz CT molecular complexity index is 684. The largest absolute Gasteiger partial charge is 0.351 e. The zero-order chi connectivity index (χ0) is 16.7. The van der Waals surface area contributed by atoms with Gasteiger partial charge in [0.2, 0.25) is 5.91 Å². The Morgan fingerprint density at radius 1 is 1.30 bits per heavy atom. The van der Waals surface area contributed by atoms with Crippen LogP contribution in [0.15, 0.2) is 29.6 Å². The zero-order valence-electron chi connectivity index (χ0n) is 13.0. The third-order valence-corrected chi connectivity index (χ3v) is 4.16. The van der Waals surface area contributed by atoms with E-state index in [0.717, 1.165) is 17.1 Å². The Hall–Kier alpha value is -2.25. The molecule has 0 atom stereocenters. The maximum atomic E-state index is 12.2. The maximum absolute atomic E-state index is 12.2. The Morgan fingerprint density at radius 3 is 2.78 bits per heavy atom. The number of carbonyl (C=O) groups is 2. The standard InChI is InChI=1S/C16H20N4O2S/c1-2-15-19-11(10-23-15)9-14(21)20-13-6-4-3-5-12(13)16(22)18-8-7-17/h3-6,10H,2,7-9,17H2,1H3,(H,18,22)(H,20,21). The van der Waals surface area contributed by atoms with Crippen LogP contribution in [0.4, 0.5) is 5.69 Å². The Balaban J connectivity index is 2.04. The molecule has 6 nitrogen and oxygen atoms in total. The van der Waals surface area contributed by atoms with Crippen LogP contribution in [-0.4, -0.2) is 29.9 Å². The third kappa shape index (κ3) is 4.87. The van der Waals surface area contributed by atoms with Crippen LogP contribution in [0.25, 0.3) is 0 Å². The third-order valence-electron chi connectivity index (χ3n) is 3.12. The summed E-state index contributed by atoms with van der Waals surface area (Å²) in [6.45, 7) is 2.78. The first-order chi connectivity index (χ1) is 11.1. The van der Waals surface area contributed by atoms with Crippen molar-refractivity contribution in [2.24, 2.45) is 5.73 Å². The number of hydrogen-bond donors (Lipinski definition) is 3. The minimum Gasteiger partial charge on any atom is -0.351 e. The number of aromatic nitrogens is 1. The van der Waals surface area contributed by atoms with Gasteiger partial charge in [0.1, 0.15) is 0 Å². The summed E-state index contributed by atoms with van der Waals surface area (Å²) >= 11 is 1.55. The number of anilines is 1. The molecule has 0 unspecified atom stereocenters. The lowest BCUT2D eigenvalue weighted by Crippen LogP contribution is -2.30. The van der Waals surface area contributed by atoms with Crippen molar-refractivity contribution in [1.29, 1.82) is 0 Å². The van der Waals surface area contributed by atoms with Gasteiger partial charge in [-0.3, -0.25) is 9.59 Å². The number of benzene rings is 1. The Kier molecular flexibility index (Phi) is 6.25. The lowest BCUT2D eigenvalue weighted by Gasteiger charge is -2.10. The number of thiazole rings is 1. The van der Waals surface area contributed by atoms with Crippen LogP contribution < -0.4 is 16.4 Å². The quantitative estimate of drug-likeness (QED) is 0.717. The van der Waals surface area contributed by atoms with E-state index >= 15 is 0 Å². The molecule has 0 spiro atoms. The van der Waals surface area contributed by atoms with Crippen LogP contribution in [0.5, 0.6) is 0 Å². The topological polar surface area (TPSA) is 97.1 Å². The van der Waals surface area contributed by atoms with Crippen molar-refractivity contribution in [3.05, 3.63) is 45.9 Å². The van der Waals surface area contributed by atoms with Crippen LogP contribution >= 0.6 is 11.3 Å². The summed E-state index contributed by atoms with van der Waals surface area (Å²) < 4.78 is 0. The minimum absolute atomic E-state index is 0.190. The molecule has 1 aromatic heterocycles. The van der Waals surface area contributed by atoms with Crippen molar-refractivity contribution in [1.82, 2.24) is 10.3 Å². The number of nitrogens with zero attached hydrogens (tertiary/aromatic N) is 1. The monoisotopic (exact) mass is 332 g/mol. The van der Waals surface area contributed by atoms with Gasteiger partial charge in [-0.2, -0.15) is 0 Å². The van der Waals surface area contributed by atoms with E-state index in [1.807, 2.05) is 12.3 Å². The molecule has 4 N–H and O–H groups in total. The van der Waals surface area contributed by atoms with Crippen molar-refractivity contribution in [2.75, 3.05) is 18.4 Å². The summed E-state index contributed by atoms with van der Waals surface area (Å²) in [5.74, 6) is -0.453. The van der Waals surface area contributed by atoms with E-state index in [-0.39, 0.29) is 18.2 Å². The smallest absolute Gasteiger partial charge is 0.253 e. The van der Waals surface area contributed by atoms with E-state index in [9.17, 15) is 9.59 Å². The molecule has 0 aliphatic heterocycles. The summed E-state index contributed by atoms with van der Waals surface area (Å²) in [6.07, 6.45) is 1.05. The fourth-order valence-corrected chi connectivity index (χ4v) is 2.77. The number of aryl methyl sites for hydroxylation is 1. The van der Waals surface area contributed by atoms with Crippen LogP contribution in [0.2, 0.25) is 0 Å². The summed E-state index contributed by atoms with van der Waals surface area (Å²) in [4.78, 5) is 28.6. The fraction of sp³-hybridized carbons (Fsp3) is 0.312. The highest BCUT2D eigenvalue weighted by Crippen LogP contribution is 2.16. The van der Waals surface area contributed by atoms with Gasteiger partial charge in [-0.1, -0.05) is 19.1 Å². The SMILES string of the molecule is CCc1nc(CC(=O)Nc2ccccc2C(=O)NCCN)cs1. The molecule has 0 saturated heterocycles. The van der Waals surface area contributed by atoms with Gasteiger partial charge in [0.15, 0.2) is 0 Å². The van der Waals surface area contributed by atoms with Crippen LogP contribution in [0, 0.1) is 0 Å². The molecular weight excluding hydrogens is 312 g/mol. The summed E-state index contributed by atoms with van der Waals surface area (Å²) in [5, 5.41) is 8.37. The molecule has 0 saturated carbocycles. The van der Waals surface area contributed by atoms with Crippen LogP contribution in [0.1, 0.15) is 28.0 Å². The van der Waals surface area contributed by atoms with E-state index in [1.54, 1.807) is 35.6 Å². The van der Waals surface area contributed by atoms with Gasteiger partial charge in [-0.25, -0.2) is 4.98 Å². The lowest BCUT2D eigenvalue weighted by molar-refractivity contribution is -0.115. The van der Waals surface area contributed by atoms with Gasteiger partial charge in [0.25, 0.3) is 5.91 Å². The van der Waals surface area contributed by atoms with Crippen molar-refractivity contribution in [2.45, 2.75) is 19.8 Å². The second kappa shape index (κ2) is 8.40. The predicted molar refractivity (Wildman–Crippen MR) is 91.7 cm³/mol. The summed E-state index contributed by atoms with van der Waals surface area (Å²) in [5.41, 5.74) is 7.03. The van der Waals surface area contributed by atoms with Crippen molar-refractivity contribution in [3.63, 3.8) is 0 Å². The molecule has 2 aromatic rings. The first kappa shape index (κ1) is 17.1. The molecule has 1 heterocycles. The molecule has 0 radical (unpaired) electrons. The van der Waals surface area contributed by atoms with Crippen LogP contribution in [0.3, 0.4) is 0 Å². The number of carbonyl (C=O) groups excluding carboxylic acids is 2. The molecule has 122 valence electrons. The second-order valence-electron chi connectivity index (χ2n) is 4.90. The highest BCUT2D eigenvalue weighted by atomic mass is 32.1. The van der Waals surface area contributed by atoms with E-state index in [4.69, 9.17) is 5.73 Å². The zero-order valence-corrected chi connectivity index (χ0v) is 13.8.